The molecule has 0 bridgehead atoms. The Kier molecular flexibility index (Phi) is 3.90. The number of ether oxygens (including phenoxy) is 1. The molecule has 1 aromatic carbocycles. The van der Waals surface area contributed by atoms with E-state index in [2.05, 4.69) is 0 Å². The summed E-state index contributed by atoms with van der Waals surface area (Å²) in [5.41, 5.74) is 7.67. The van der Waals surface area contributed by atoms with Gasteiger partial charge in [-0.1, -0.05) is 0 Å². The number of carbonyl (C=O) groups is 1. The van der Waals surface area contributed by atoms with Crippen molar-refractivity contribution >= 4 is 17.3 Å². The third kappa shape index (κ3) is 2.72. The highest BCUT2D eigenvalue weighted by molar-refractivity contribution is 6.01. The van der Waals surface area contributed by atoms with Crippen LogP contribution < -0.4 is 10.6 Å². The Morgan fingerprint density at radius 2 is 2.10 bits per heavy atom. The number of rotatable bonds is 2. The predicted molar refractivity (Wildman–Crippen MR) is 81.1 cm³/mol. The van der Waals surface area contributed by atoms with E-state index in [0.717, 1.165) is 5.69 Å². The van der Waals surface area contributed by atoms with Gasteiger partial charge in [0.1, 0.15) is 0 Å². The number of morpholine rings is 1. The zero-order chi connectivity index (χ0) is 14.9. The summed E-state index contributed by atoms with van der Waals surface area (Å²) in [6.07, 6.45) is 0. The summed E-state index contributed by atoms with van der Waals surface area (Å²) < 4.78 is 5.47. The summed E-state index contributed by atoms with van der Waals surface area (Å²) >= 11 is 0. The molecule has 110 valence electrons. The van der Waals surface area contributed by atoms with Crippen molar-refractivity contribution in [2.75, 3.05) is 44.5 Å². The van der Waals surface area contributed by atoms with Gasteiger partial charge in [0.2, 0.25) is 0 Å². The maximum Gasteiger partial charge on any atom is 0.256 e. The van der Waals surface area contributed by atoms with Gasteiger partial charge >= 0.3 is 0 Å². The highest BCUT2D eigenvalue weighted by Crippen LogP contribution is 2.27. The third-order valence-electron chi connectivity index (χ3n) is 3.62. The maximum atomic E-state index is 12.9. The molecule has 0 aliphatic carbocycles. The van der Waals surface area contributed by atoms with Crippen LogP contribution in [0.25, 0.3) is 0 Å². The smallest absolute Gasteiger partial charge is 0.256 e. The van der Waals surface area contributed by atoms with E-state index in [1.807, 2.05) is 49.9 Å². The van der Waals surface area contributed by atoms with E-state index in [4.69, 9.17) is 10.5 Å². The van der Waals surface area contributed by atoms with E-state index in [1.54, 1.807) is 6.07 Å². The Morgan fingerprint density at radius 3 is 2.70 bits per heavy atom. The maximum absolute atomic E-state index is 12.9. The number of anilines is 2. The summed E-state index contributed by atoms with van der Waals surface area (Å²) in [6.45, 7) is 5.78. The van der Waals surface area contributed by atoms with Crippen molar-refractivity contribution in [1.29, 1.82) is 0 Å². The van der Waals surface area contributed by atoms with Gasteiger partial charge in [0.05, 0.1) is 24.3 Å². The van der Waals surface area contributed by atoms with E-state index < -0.39 is 0 Å². The first kappa shape index (κ1) is 14.7. The fraction of sp³-hybridized carbons (Fsp3) is 0.533. The van der Waals surface area contributed by atoms with Crippen LogP contribution in [0.3, 0.4) is 0 Å². The molecule has 1 heterocycles. The summed E-state index contributed by atoms with van der Waals surface area (Å²) in [7, 11) is 3.85. The molecule has 1 aliphatic rings. The lowest BCUT2D eigenvalue weighted by Gasteiger charge is -2.42. The molecule has 0 unspecified atom stereocenters. The standard InChI is InChI=1S/C15H23N3O2/c1-15(2)10-20-8-7-18(15)14(19)12-9-11(16)5-6-13(12)17(3)4/h5-6,9H,7-8,10,16H2,1-4H3. The number of nitrogens with zero attached hydrogens (tertiary/aromatic N) is 2. The molecule has 1 fully saturated rings. The Morgan fingerprint density at radius 1 is 1.40 bits per heavy atom. The number of hydrogen-bond acceptors (Lipinski definition) is 4. The zero-order valence-corrected chi connectivity index (χ0v) is 12.6. The molecule has 1 saturated heterocycles. The Labute approximate surface area is 120 Å². The molecule has 0 saturated carbocycles. The van der Waals surface area contributed by atoms with Crippen molar-refractivity contribution in [1.82, 2.24) is 4.90 Å². The van der Waals surface area contributed by atoms with Crippen molar-refractivity contribution in [2.24, 2.45) is 0 Å². The van der Waals surface area contributed by atoms with Crippen LogP contribution >= 0.6 is 0 Å². The normalized spacial score (nSPS) is 17.9. The van der Waals surface area contributed by atoms with Crippen molar-refractivity contribution in [2.45, 2.75) is 19.4 Å². The van der Waals surface area contributed by atoms with E-state index in [0.29, 0.717) is 31.0 Å². The molecule has 1 aliphatic heterocycles. The second-order valence-electron chi connectivity index (χ2n) is 5.99. The summed E-state index contributed by atoms with van der Waals surface area (Å²) in [6, 6.07) is 5.45. The summed E-state index contributed by atoms with van der Waals surface area (Å²) in [5.74, 6) is 0.00861. The zero-order valence-electron chi connectivity index (χ0n) is 12.6. The first-order chi connectivity index (χ1) is 9.33. The summed E-state index contributed by atoms with van der Waals surface area (Å²) in [5, 5.41) is 0. The van der Waals surface area contributed by atoms with Gasteiger partial charge in [-0.05, 0) is 32.0 Å². The largest absolute Gasteiger partial charge is 0.399 e. The second kappa shape index (κ2) is 5.32. The van der Waals surface area contributed by atoms with Crippen LogP contribution in [-0.4, -0.2) is 50.2 Å². The van der Waals surface area contributed by atoms with Crippen LogP contribution in [0.1, 0.15) is 24.2 Å². The van der Waals surface area contributed by atoms with Crippen molar-refractivity contribution in [3.8, 4) is 0 Å². The molecule has 1 aromatic rings. The fourth-order valence-electron chi connectivity index (χ4n) is 2.50. The lowest BCUT2D eigenvalue weighted by atomic mass is 10.00. The van der Waals surface area contributed by atoms with Gasteiger partial charge in [0.25, 0.3) is 5.91 Å². The highest BCUT2D eigenvalue weighted by Gasteiger charge is 2.35. The number of carbonyl (C=O) groups excluding carboxylic acids is 1. The van der Waals surface area contributed by atoms with Crippen molar-refractivity contribution in [3.63, 3.8) is 0 Å². The van der Waals surface area contributed by atoms with Gasteiger partial charge < -0.3 is 20.3 Å². The minimum Gasteiger partial charge on any atom is -0.399 e. The number of benzene rings is 1. The molecule has 0 aromatic heterocycles. The van der Waals surface area contributed by atoms with Crippen LogP contribution in [0.5, 0.6) is 0 Å². The van der Waals surface area contributed by atoms with Crippen LogP contribution in [0, 0.1) is 0 Å². The van der Waals surface area contributed by atoms with Crippen molar-refractivity contribution in [3.05, 3.63) is 23.8 Å². The molecule has 1 amide bonds. The van der Waals surface area contributed by atoms with E-state index in [1.165, 1.54) is 0 Å². The molecule has 5 nitrogen and oxygen atoms in total. The van der Waals surface area contributed by atoms with Gasteiger partial charge in [0.15, 0.2) is 0 Å². The first-order valence-corrected chi connectivity index (χ1v) is 6.79. The minimum atomic E-state index is -0.302. The lowest BCUT2D eigenvalue weighted by Crippen LogP contribution is -2.55. The second-order valence-corrected chi connectivity index (χ2v) is 5.99. The monoisotopic (exact) mass is 277 g/mol. The molecule has 0 spiro atoms. The molecule has 2 N–H and O–H groups in total. The molecule has 20 heavy (non-hydrogen) atoms. The number of hydrogen-bond donors (Lipinski definition) is 1. The highest BCUT2D eigenvalue weighted by atomic mass is 16.5. The lowest BCUT2D eigenvalue weighted by molar-refractivity contribution is -0.0370. The SMILES string of the molecule is CN(C)c1ccc(N)cc1C(=O)N1CCOCC1(C)C. The topological polar surface area (TPSA) is 58.8 Å². The van der Waals surface area contributed by atoms with Gasteiger partial charge in [0, 0.05) is 32.0 Å². The Balaban J connectivity index is 2.40. The van der Waals surface area contributed by atoms with E-state index in [9.17, 15) is 4.79 Å². The minimum absolute atomic E-state index is 0.00861. The molecular formula is C15H23N3O2. The summed E-state index contributed by atoms with van der Waals surface area (Å²) in [4.78, 5) is 16.7. The molecular weight excluding hydrogens is 254 g/mol. The van der Waals surface area contributed by atoms with E-state index >= 15 is 0 Å². The van der Waals surface area contributed by atoms with Crippen LogP contribution in [0.15, 0.2) is 18.2 Å². The first-order valence-electron chi connectivity index (χ1n) is 6.79. The molecule has 0 atom stereocenters. The van der Waals surface area contributed by atoms with Crippen molar-refractivity contribution < 1.29 is 9.53 Å². The number of nitrogens with two attached hydrogens (primary N) is 1. The molecule has 5 heteroatoms. The Bertz CT molecular complexity index is 512. The molecule has 0 radical (unpaired) electrons. The average molecular weight is 277 g/mol. The third-order valence-corrected chi connectivity index (χ3v) is 3.62. The molecule has 2 rings (SSSR count). The van der Waals surface area contributed by atoms with E-state index in [-0.39, 0.29) is 11.4 Å². The van der Waals surface area contributed by atoms with Gasteiger partial charge in [-0.2, -0.15) is 0 Å². The quantitative estimate of drug-likeness (QED) is 0.834. The Hall–Kier alpha value is -1.75. The number of nitrogen functional groups attached to an aromatic ring is 1. The number of amides is 1. The van der Waals surface area contributed by atoms with Crippen LogP contribution in [0.4, 0.5) is 11.4 Å². The van der Waals surface area contributed by atoms with Gasteiger partial charge in [-0.25, -0.2) is 0 Å². The van der Waals surface area contributed by atoms with Crippen LogP contribution in [0.2, 0.25) is 0 Å². The predicted octanol–water partition coefficient (Wildman–Crippen LogP) is 1.59. The van der Waals surface area contributed by atoms with Crippen LogP contribution in [-0.2, 0) is 4.74 Å². The fourth-order valence-corrected chi connectivity index (χ4v) is 2.50. The van der Waals surface area contributed by atoms with Gasteiger partial charge in [-0.15, -0.1) is 0 Å². The van der Waals surface area contributed by atoms with Gasteiger partial charge in [-0.3, -0.25) is 4.79 Å². The average Bonchev–Trinajstić information content (AvgIpc) is 2.37.